The van der Waals surface area contributed by atoms with Gasteiger partial charge in [-0.15, -0.1) is 0 Å². The maximum Gasteiger partial charge on any atom is 0.0719 e. The molecule has 0 aliphatic carbocycles. The summed E-state index contributed by atoms with van der Waals surface area (Å²) in [6.07, 6.45) is 0.887. The van der Waals surface area contributed by atoms with Crippen LogP contribution >= 0.6 is 0 Å². The molecular formula is C14H21N3O. The summed E-state index contributed by atoms with van der Waals surface area (Å²) in [7, 11) is 3.69. The van der Waals surface area contributed by atoms with Crippen molar-refractivity contribution in [2.75, 3.05) is 20.8 Å². The molecule has 1 atom stereocenters. The Hall–Kier alpha value is -1.39. The van der Waals surface area contributed by atoms with Crippen LogP contribution in [0.5, 0.6) is 0 Å². The Kier molecular flexibility index (Phi) is 4.33. The number of benzene rings is 1. The molecule has 0 amide bonds. The van der Waals surface area contributed by atoms with Crippen molar-refractivity contribution >= 4 is 10.9 Å². The number of hydrogen-bond acceptors (Lipinski definition) is 3. The minimum absolute atomic E-state index is 0.304. The standard InChI is InChI=1S/C14H21N3O/c1-4-17-14-8-6-5-7-12(14)13(16-17)9-11(15-2)10-18-3/h5-8,11,15H,4,9-10H2,1-3H3. The monoisotopic (exact) mass is 247 g/mol. The molecule has 98 valence electrons. The number of fused-ring (bicyclic) bond motifs is 1. The van der Waals surface area contributed by atoms with E-state index in [9.17, 15) is 0 Å². The van der Waals surface area contributed by atoms with Crippen LogP contribution in [0.4, 0.5) is 0 Å². The summed E-state index contributed by atoms with van der Waals surface area (Å²) in [5.74, 6) is 0. The summed E-state index contributed by atoms with van der Waals surface area (Å²) >= 11 is 0. The quantitative estimate of drug-likeness (QED) is 0.846. The first kappa shape index (κ1) is 13.1. The molecule has 1 aromatic carbocycles. The van der Waals surface area contributed by atoms with Gasteiger partial charge >= 0.3 is 0 Å². The molecule has 0 spiro atoms. The highest BCUT2D eigenvalue weighted by molar-refractivity contribution is 5.82. The molecule has 1 heterocycles. The van der Waals surface area contributed by atoms with Gasteiger partial charge in [0.15, 0.2) is 0 Å². The number of nitrogens with zero attached hydrogens (tertiary/aromatic N) is 2. The lowest BCUT2D eigenvalue weighted by Gasteiger charge is -2.13. The highest BCUT2D eigenvalue weighted by Gasteiger charge is 2.14. The second kappa shape index (κ2) is 5.98. The van der Waals surface area contributed by atoms with Gasteiger partial charge in [-0.25, -0.2) is 0 Å². The molecule has 18 heavy (non-hydrogen) atoms. The van der Waals surface area contributed by atoms with Crippen LogP contribution in [-0.2, 0) is 17.7 Å². The van der Waals surface area contributed by atoms with Crippen molar-refractivity contribution in [3.05, 3.63) is 30.0 Å². The van der Waals surface area contributed by atoms with Crippen molar-refractivity contribution in [1.82, 2.24) is 15.1 Å². The predicted octanol–water partition coefficient (Wildman–Crippen LogP) is 1.83. The zero-order chi connectivity index (χ0) is 13.0. The minimum Gasteiger partial charge on any atom is -0.383 e. The molecule has 2 rings (SSSR count). The van der Waals surface area contributed by atoms with Crippen LogP contribution in [-0.4, -0.2) is 36.6 Å². The fraction of sp³-hybridized carbons (Fsp3) is 0.500. The maximum atomic E-state index is 5.22. The van der Waals surface area contributed by atoms with Gasteiger partial charge in [0.1, 0.15) is 0 Å². The van der Waals surface area contributed by atoms with E-state index >= 15 is 0 Å². The SMILES string of the molecule is CCn1nc(CC(COC)NC)c2ccccc21. The lowest BCUT2D eigenvalue weighted by Crippen LogP contribution is -2.32. The van der Waals surface area contributed by atoms with Gasteiger partial charge in [-0.1, -0.05) is 18.2 Å². The summed E-state index contributed by atoms with van der Waals surface area (Å²) in [5, 5.41) is 9.21. The lowest BCUT2D eigenvalue weighted by molar-refractivity contribution is 0.169. The highest BCUT2D eigenvalue weighted by atomic mass is 16.5. The summed E-state index contributed by atoms with van der Waals surface area (Å²) in [6, 6.07) is 8.70. The zero-order valence-corrected chi connectivity index (χ0v) is 11.3. The van der Waals surface area contributed by atoms with Crippen LogP contribution < -0.4 is 5.32 Å². The molecular weight excluding hydrogens is 226 g/mol. The smallest absolute Gasteiger partial charge is 0.0719 e. The van der Waals surface area contributed by atoms with E-state index in [2.05, 4.69) is 41.2 Å². The highest BCUT2D eigenvalue weighted by Crippen LogP contribution is 2.19. The fourth-order valence-corrected chi connectivity index (χ4v) is 2.27. The lowest BCUT2D eigenvalue weighted by atomic mass is 10.1. The van der Waals surface area contributed by atoms with E-state index < -0.39 is 0 Å². The van der Waals surface area contributed by atoms with E-state index in [0.717, 1.165) is 18.7 Å². The summed E-state index contributed by atoms with van der Waals surface area (Å²) < 4.78 is 7.27. The molecule has 1 aromatic heterocycles. The maximum absolute atomic E-state index is 5.22. The van der Waals surface area contributed by atoms with E-state index in [-0.39, 0.29) is 0 Å². The largest absolute Gasteiger partial charge is 0.383 e. The Labute approximate surface area is 108 Å². The van der Waals surface area contributed by atoms with E-state index in [0.29, 0.717) is 12.6 Å². The van der Waals surface area contributed by atoms with Crippen molar-refractivity contribution in [3.63, 3.8) is 0 Å². The number of hydrogen-bond donors (Lipinski definition) is 1. The number of para-hydroxylation sites is 1. The molecule has 4 heteroatoms. The van der Waals surface area contributed by atoms with Crippen molar-refractivity contribution in [2.45, 2.75) is 25.9 Å². The summed E-state index contributed by atoms with van der Waals surface area (Å²) in [5.41, 5.74) is 2.35. The normalized spacial score (nSPS) is 13.1. The zero-order valence-electron chi connectivity index (χ0n) is 11.3. The number of likely N-dealkylation sites (N-methyl/N-ethyl adjacent to an activating group) is 1. The van der Waals surface area contributed by atoms with Gasteiger partial charge in [0, 0.05) is 31.5 Å². The number of ether oxygens (including phenoxy) is 1. The molecule has 0 saturated heterocycles. The van der Waals surface area contributed by atoms with Crippen molar-refractivity contribution in [3.8, 4) is 0 Å². The first-order valence-electron chi connectivity index (χ1n) is 6.40. The molecule has 0 radical (unpaired) electrons. The number of aromatic nitrogens is 2. The molecule has 0 fully saturated rings. The van der Waals surface area contributed by atoms with Crippen molar-refractivity contribution < 1.29 is 4.74 Å². The topological polar surface area (TPSA) is 39.1 Å². The Balaban J connectivity index is 2.32. The number of rotatable bonds is 6. The van der Waals surface area contributed by atoms with Gasteiger partial charge in [-0.2, -0.15) is 5.10 Å². The summed E-state index contributed by atoms with van der Waals surface area (Å²) in [6.45, 7) is 3.72. The summed E-state index contributed by atoms with van der Waals surface area (Å²) in [4.78, 5) is 0. The van der Waals surface area contributed by atoms with E-state index in [1.165, 1.54) is 10.9 Å². The molecule has 0 saturated carbocycles. The number of aryl methyl sites for hydroxylation is 1. The van der Waals surface area contributed by atoms with Crippen LogP contribution in [0.3, 0.4) is 0 Å². The molecule has 0 bridgehead atoms. The second-order valence-electron chi connectivity index (χ2n) is 4.42. The van der Waals surface area contributed by atoms with Gasteiger partial charge in [0.05, 0.1) is 17.8 Å². The molecule has 0 aliphatic rings. The molecule has 2 aromatic rings. The first-order valence-corrected chi connectivity index (χ1v) is 6.40. The third-order valence-electron chi connectivity index (χ3n) is 3.25. The second-order valence-corrected chi connectivity index (χ2v) is 4.42. The van der Waals surface area contributed by atoms with Gasteiger partial charge in [0.25, 0.3) is 0 Å². The van der Waals surface area contributed by atoms with Crippen molar-refractivity contribution in [1.29, 1.82) is 0 Å². The first-order chi connectivity index (χ1) is 8.80. The molecule has 1 unspecified atom stereocenters. The van der Waals surface area contributed by atoms with Crippen LogP contribution in [0, 0.1) is 0 Å². The predicted molar refractivity (Wildman–Crippen MR) is 73.8 cm³/mol. The molecule has 0 aliphatic heterocycles. The van der Waals surface area contributed by atoms with E-state index in [1.54, 1.807) is 7.11 Å². The molecule has 1 N–H and O–H groups in total. The fourth-order valence-electron chi connectivity index (χ4n) is 2.27. The Bertz CT molecular complexity index is 507. The average molecular weight is 247 g/mol. The van der Waals surface area contributed by atoms with Gasteiger partial charge in [0.2, 0.25) is 0 Å². The van der Waals surface area contributed by atoms with Crippen molar-refractivity contribution in [2.24, 2.45) is 0 Å². The van der Waals surface area contributed by atoms with Gasteiger partial charge < -0.3 is 10.1 Å². The van der Waals surface area contributed by atoms with Crippen LogP contribution in [0.15, 0.2) is 24.3 Å². The Morgan fingerprint density at radius 3 is 2.83 bits per heavy atom. The van der Waals surface area contributed by atoms with Gasteiger partial charge in [-0.05, 0) is 20.0 Å². The number of nitrogens with one attached hydrogen (secondary N) is 1. The Morgan fingerprint density at radius 1 is 1.39 bits per heavy atom. The van der Waals surface area contributed by atoms with Crippen LogP contribution in [0.25, 0.3) is 10.9 Å². The average Bonchev–Trinajstić information content (AvgIpc) is 2.76. The Morgan fingerprint density at radius 2 is 2.17 bits per heavy atom. The third kappa shape index (κ3) is 2.54. The van der Waals surface area contributed by atoms with E-state index in [4.69, 9.17) is 9.84 Å². The van der Waals surface area contributed by atoms with Crippen LogP contribution in [0.1, 0.15) is 12.6 Å². The minimum atomic E-state index is 0.304. The third-order valence-corrected chi connectivity index (χ3v) is 3.25. The number of methoxy groups -OCH3 is 1. The van der Waals surface area contributed by atoms with Crippen LogP contribution in [0.2, 0.25) is 0 Å². The van der Waals surface area contributed by atoms with E-state index in [1.807, 2.05) is 7.05 Å². The van der Waals surface area contributed by atoms with Gasteiger partial charge in [-0.3, -0.25) is 4.68 Å². The molecule has 4 nitrogen and oxygen atoms in total.